The molecule has 19 heteroatoms. The zero-order valence-corrected chi connectivity index (χ0v) is 35.9. The first-order valence-corrected chi connectivity index (χ1v) is 22.5. The van der Waals surface area contributed by atoms with Gasteiger partial charge in [-0.05, 0) is 25.2 Å². The topological polar surface area (TPSA) is 224 Å². The number of hydrogen-bond donors (Lipinski definition) is 2. The fourth-order valence-electron chi connectivity index (χ4n) is 5.91. The Balaban J connectivity index is 0.000000149. The number of epoxide rings is 8. The number of aliphatic hydroxyl groups excluding tert-OH is 2. The van der Waals surface area contributed by atoms with Crippen LogP contribution in [0.2, 0.25) is 0 Å². The van der Waals surface area contributed by atoms with Gasteiger partial charge in [0.25, 0.3) is 0 Å². The highest BCUT2D eigenvalue weighted by atomic mass is 16.6. The van der Waals surface area contributed by atoms with Crippen molar-refractivity contribution in [2.75, 3.05) is 159 Å². The summed E-state index contributed by atoms with van der Waals surface area (Å²) >= 11 is 0. The van der Waals surface area contributed by atoms with E-state index in [4.69, 9.17) is 80.5 Å². The van der Waals surface area contributed by atoms with E-state index in [2.05, 4.69) is 6.92 Å². The largest absolute Gasteiger partial charge is 0.388 e. The molecule has 0 bridgehead atoms. The molecular weight excluding hydrogens is 808 g/mol. The fraction of sp³-hybridized carbons (Fsp3) is 1.00. The van der Waals surface area contributed by atoms with Crippen molar-refractivity contribution in [2.45, 2.75) is 99.4 Å². The Bertz CT molecular complexity index is 1110. The Morgan fingerprint density at radius 3 is 1.23 bits per heavy atom. The van der Waals surface area contributed by atoms with Crippen LogP contribution in [0.1, 0.15) is 26.2 Å². The second-order valence-corrected chi connectivity index (χ2v) is 17.4. The lowest BCUT2D eigenvalue weighted by atomic mass is 9.88. The molecule has 0 amide bonds. The standard InChI is InChI=1S/C18H30O10.C15H26O6.C9H16O3/c19-15(9-21-1-11-3-23-11)18(28-8-14-6-26-14)17(20)16(27-7-13-5-25-13)10-22-2-12-4-24-12;1-2-15(9-16-3-12-6-19-12,10-17-4-13-7-20-13)11-18-5-14-8-21-14;1-2-8(1)5-10-3-4-11-6-9-7-12-9/h11-20H,1-10H2;12-14H,2-11H2,1H3;8-9H,1-7H2/t11?,12?,13?,14?,15-,16+,17-,18-;;/m1../s1. The van der Waals surface area contributed by atoms with E-state index in [1.54, 1.807) is 0 Å². The minimum atomic E-state index is -1.10. The Hall–Kier alpha value is -0.760. The van der Waals surface area contributed by atoms with Crippen LogP contribution in [0, 0.1) is 11.3 Å². The van der Waals surface area contributed by atoms with Gasteiger partial charge in [-0.15, -0.1) is 0 Å². The lowest BCUT2D eigenvalue weighted by Gasteiger charge is -2.32. The molecule has 8 saturated heterocycles. The predicted molar refractivity (Wildman–Crippen MR) is 211 cm³/mol. The first-order valence-electron chi connectivity index (χ1n) is 22.5. The molecule has 8 unspecified atom stereocenters. The predicted octanol–water partition coefficient (Wildman–Crippen LogP) is -0.436. The Morgan fingerprint density at radius 1 is 0.459 bits per heavy atom. The third-order valence-electron chi connectivity index (χ3n) is 11.1. The highest BCUT2D eigenvalue weighted by Crippen LogP contribution is 2.29. The molecule has 8 aliphatic heterocycles. The van der Waals surface area contributed by atoms with Gasteiger partial charge in [0.1, 0.15) is 73.2 Å². The van der Waals surface area contributed by atoms with E-state index in [9.17, 15) is 10.2 Å². The quantitative estimate of drug-likeness (QED) is 0.0597. The van der Waals surface area contributed by atoms with Crippen molar-refractivity contribution in [1.82, 2.24) is 0 Å². The van der Waals surface area contributed by atoms with E-state index >= 15 is 0 Å². The number of aliphatic hydroxyl groups is 2. The summed E-state index contributed by atoms with van der Waals surface area (Å²) in [4.78, 5) is 0. The van der Waals surface area contributed by atoms with Gasteiger partial charge in [-0.3, -0.25) is 0 Å². The van der Waals surface area contributed by atoms with Crippen molar-refractivity contribution in [3.05, 3.63) is 0 Å². The zero-order chi connectivity index (χ0) is 42.1. The van der Waals surface area contributed by atoms with E-state index in [1.165, 1.54) is 12.8 Å². The lowest BCUT2D eigenvalue weighted by molar-refractivity contribution is -0.171. The van der Waals surface area contributed by atoms with Gasteiger partial charge in [-0.2, -0.15) is 0 Å². The Morgan fingerprint density at radius 2 is 0.820 bits per heavy atom. The molecule has 354 valence electrons. The average Bonchev–Trinajstić information content (AvgIpc) is 4.07. The highest BCUT2D eigenvalue weighted by molar-refractivity contribution is 4.87. The summed E-state index contributed by atoms with van der Waals surface area (Å²) in [6.07, 6.45) is 1.51. The zero-order valence-electron chi connectivity index (χ0n) is 35.9. The van der Waals surface area contributed by atoms with Gasteiger partial charge in [-0.25, -0.2) is 0 Å². The molecule has 12 atom stereocenters. The second-order valence-electron chi connectivity index (χ2n) is 17.4. The van der Waals surface area contributed by atoms with Crippen LogP contribution in [-0.4, -0.2) is 242 Å². The average molecular weight is 881 g/mol. The molecule has 9 fully saturated rings. The molecule has 9 rings (SSSR count). The maximum Gasteiger partial charge on any atom is 0.114 e. The summed E-state index contributed by atoms with van der Waals surface area (Å²) in [6, 6.07) is 0. The normalized spacial score (nSPS) is 32.5. The smallest absolute Gasteiger partial charge is 0.114 e. The van der Waals surface area contributed by atoms with Crippen LogP contribution in [0.5, 0.6) is 0 Å². The van der Waals surface area contributed by atoms with E-state index in [0.717, 1.165) is 58.6 Å². The molecular formula is C42H72O19. The van der Waals surface area contributed by atoms with Crippen molar-refractivity contribution in [1.29, 1.82) is 0 Å². The summed E-state index contributed by atoms with van der Waals surface area (Å²) in [7, 11) is 0. The van der Waals surface area contributed by atoms with Crippen molar-refractivity contribution >= 4 is 0 Å². The van der Waals surface area contributed by atoms with Gasteiger partial charge in [0.15, 0.2) is 0 Å². The molecule has 1 aliphatic carbocycles. The first kappa shape index (κ1) is 48.2. The van der Waals surface area contributed by atoms with E-state index < -0.39 is 24.4 Å². The minimum absolute atomic E-state index is 0.00480. The monoisotopic (exact) mass is 880 g/mol. The maximum absolute atomic E-state index is 10.9. The van der Waals surface area contributed by atoms with Crippen LogP contribution in [-0.2, 0) is 80.5 Å². The van der Waals surface area contributed by atoms with E-state index in [-0.39, 0.29) is 43.0 Å². The van der Waals surface area contributed by atoms with Crippen molar-refractivity contribution in [3.63, 3.8) is 0 Å². The Kier molecular flexibility index (Phi) is 20.4. The molecule has 61 heavy (non-hydrogen) atoms. The van der Waals surface area contributed by atoms with Gasteiger partial charge in [0, 0.05) is 12.0 Å². The molecule has 1 saturated carbocycles. The Labute approximate surface area is 359 Å². The summed E-state index contributed by atoms with van der Waals surface area (Å²) in [6.45, 7) is 16.9. The molecule has 0 aromatic carbocycles. The van der Waals surface area contributed by atoms with Crippen LogP contribution in [0.4, 0.5) is 0 Å². The van der Waals surface area contributed by atoms with Crippen LogP contribution < -0.4 is 0 Å². The number of ether oxygens (including phenoxy) is 17. The highest BCUT2D eigenvalue weighted by Gasteiger charge is 2.39. The van der Waals surface area contributed by atoms with Gasteiger partial charge in [0.2, 0.25) is 0 Å². The lowest BCUT2D eigenvalue weighted by Crippen LogP contribution is -2.51. The molecule has 0 radical (unpaired) electrons. The summed E-state index contributed by atoms with van der Waals surface area (Å²) in [5.41, 5.74) is -0.0985. The van der Waals surface area contributed by atoms with Crippen LogP contribution >= 0.6 is 0 Å². The van der Waals surface area contributed by atoms with Gasteiger partial charge < -0.3 is 90.7 Å². The van der Waals surface area contributed by atoms with Crippen molar-refractivity contribution < 1.29 is 90.7 Å². The molecule has 0 aromatic rings. The maximum atomic E-state index is 10.9. The van der Waals surface area contributed by atoms with Crippen molar-refractivity contribution in [3.8, 4) is 0 Å². The van der Waals surface area contributed by atoms with Crippen LogP contribution in [0.25, 0.3) is 0 Å². The third-order valence-corrected chi connectivity index (χ3v) is 11.1. The van der Waals surface area contributed by atoms with Gasteiger partial charge >= 0.3 is 0 Å². The third kappa shape index (κ3) is 22.3. The molecule has 0 aromatic heterocycles. The van der Waals surface area contributed by atoms with Gasteiger partial charge in [-0.1, -0.05) is 6.92 Å². The van der Waals surface area contributed by atoms with Crippen molar-refractivity contribution in [2.24, 2.45) is 11.3 Å². The summed E-state index contributed by atoms with van der Waals surface area (Å²) in [5, 5.41) is 21.5. The summed E-state index contributed by atoms with van der Waals surface area (Å²) in [5.74, 6) is 0.858. The van der Waals surface area contributed by atoms with Gasteiger partial charge in [0.05, 0.1) is 152 Å². The number of rotatable bonds is 37. The molecule has 2 N–H and O–H groups in total. The second kappa shape index (κ2) is 25.8. The molecule has 0 spiro atoms. The fourth-order valence-corrected chi connectivity index (χ4v) is 5.91. The minimum Gasteiger partial charge on any atom is -0.388 e. The molecule has 19 nitrogen and oxygen atoms in total. The summed E-state index contributed by atoms with van der Waals surface area (Å²) < 4.78 is 91.9. The first-order chi connectivity index (χ1) is 29.9. The molecule has 9 aliphatic rings. The number of hydrogen-bond acceptors (Lipinski definition) is 19. The van der Waals surface area contributed by atoms with Crippen LogP contribution in [0.3, 0.4) is 0 Å². The van der Waals surface area contributed by atoms with E-state index in [1.807, 2.05) is 0 Å². The van der Waals surface area contributed by atoms with E-state index in [0.29, 0.717) is 124 Å². The SMILES string of the molecule is C(COCC1CO1)OCC1CC1.CCC(COCC1CO1)(COCC1CO1)COCC1CO1.O[C@@H]([C@H](OCC1CO1)[C@H](O)COCC1CO1)[C@H](COCC1CO1)OCC1CO1. The van der Waals surface area contributed by atoms with Crippen LogP contribution in [0.15, 0.2) is 0 Å². The molecule has 8 heterocycles.